The Balaban J connectivity index is 1.44. The zero-order valence-corrected chi connectivity index (χ0v) is 20.4. The van der Waals surface area contributed by atoms with E-state index in [1.165, 1.54) is 12.1 Å². The van der Waals surface area contributed by atoms with Crippen molar-refractivity contribution in [3.63, 3.8) is 0 Å². The summed E-state index contributed by atoms with van der Waals surface area (Å²) in [6, 6.07) is 13.9. The van der Waals surface area contributed by atoms with Gasteiger partial charge in [0.05, 0.1) is 31.9 Å². The number of nitrogens with zero attached hydrogens (tertiary/aromatic N) is 4. The molecule has 0 unspecified atom stereocenters. The van der Waals surface area contributed by atoms with Crippen molar-refractivity contribution in [2.45, 2.75) is 24.8 Å². The second-order valence-corrected chi connectivity index (χ2v) is 10.5. The van der Waals surface area contributed by atoms with Gasteiger partial charge in [-0.2, -0.15) is 0 Å². The largest absolute Gasteiger partial charge is 0.416 e. The number of fused-ring (bicyclic) bond motifs is 1. The topological polar surface area (TPSA) is 149 Å². The maximum absolute atomic E-state index is 11.5. The van der Waals surface area contributed by atoms with Crippen LogP contribution < -0.4 is 15.8 Å². The Hall–Kier alpha value is -3.87. The minimum Gasteiger partial charge on any atom is -0.416 e. The highest BCUT2D eigenvalue weighted by molar-refractivity contribution is 7.89. The van der Waals surface area contributed by atoms with Crippen LogP contribution in [-0.4, -0.2) is 34.6 Å². The number of primary sulfonamides is 1. The average molecular weight is 508 g/mol. The van der Waals surface area contributed by atoms with Gasteiger partial charge >= 0.3 is 0 Å². The Morgan fingerprint density at radius 3 is 2.51 bits per heavy atom. The normalized spacial score (nSPS) is 11.8. The van der Waals surface area contributed by atoms with Gasteiger partial charge in [0, 0.05) is 29.6 Å². The molecule has 0 radical (unpaired) electrons. The third-order valence-electron chi connectivity index (χ3n) is 5.04. The monoisotopic (exact) mass is 507 g/mol. The molecule has 0 saturated heterocycles. The molecule has 0 fully saturated rings. The van der Waals surface area contributed by atoms with Crippen molar-refractivity contribution < 1.29 is 12.8 Å². The van der Waals surface area contributed by atoms with Crippen molar-refractivity contribution in [3.05, 3.63) is 60.2 Å². The number of sulfonamides is 1. The summed E-state index contributed by atoms with van der Waals surface area (Å²) in [5.74, 6) is 1.18. The minimum atomic E-state index is -3.78. The number of benzene rings is 2. The Kier molecular flexibility index (Phi) is 5.93. The first kappa shape index (κ1) is 22.9. The molecule has 0 amide bonds. The van der Waals surface area contributed by atoms with E-state index < -0.39 is 10.0 Å². The van der Waals surface area contributed by atoms with Crippen LogP contribution >= 0.6 is 11.3 Å². The summed E-state index contributed by atoms with van der Waals surface area (Å²) in [6.07, 6.45) is 1.67. The van der Waals surface area contributed by atoms with Gasteiger partial charge in [-0.1, -0.05) is 0 Å². The molecule has 12 heteroatoms. The summed E-state index contributed by atoms with van der Waals surface area (Å²) in [5.41, 5.74) is 5.66. The number of thiazole rings is 1. The maximum Gasteiger partial charge on any atom is 0.251 e. The number of hydrogen-bond acceptors (Lipinski definition) is 10. The number of rotatable bonds is 7. The van der Waals surface area contributed by atoms with E-state index in [0.717, 1.165) is 21.6 Å². The van der Waals surface area contributed by atoms with E-state index in [9.17, 15) is 8.42 Å². The molecule has 178 valence electrons. The van der Waals surface area contributed by atoms with E-state index in [1.54, 1.807) is 29.7 Å². The lowest BCUT2D eigenvalue weighted by Crippen LogP contribution is -2.11. The van der Waals surface area contributed by atoms with Gasteiger partial charge < -0.3 is 15.1 Å². The SMILES string of the molecule is CC(C)Nc1cc(Nc2ccc3ncsc3c2)ncc1-c1nnc(-c2ccc(S(N)(=O)=O)cc2)o1. The van der Waals surface area contributed by atoms with Gasteiger partial charge in [0.25, 0.3) is 5.89 Å². The fourth-order valence-corrected chi connectivity index (χ4v) is 4.67. The molecule has 3 heterocycles. The van der Waals surface area contributed by atoms with E-state index in [0.29, 0.717) is 16.9 Å². The van der Waals surface area contributed by atoms with Crippen LogP contribution in [0.4, 0.5) is 17.2 Å². The molecule has 0 spiro atoms. The molecule has 0 saturated carbocycles. The molecule has 2 aromatic carbocycles. The first-order valence-electron chi connectivity index (χ1n) is 10.6. The van der Waals surface area contributed by atoms with Crippen molar-refractivity contribution >= 4 is 48.8 Å². The summed E-state index contributed by atoms with van der Waals surface area (Å²) >= 11 is 1.58. The summed E-state index contributed by atoms with van der Waals surface area (Å²) in [5, 5.41) is 20.2. The number of hydrogen-bond donors (Lipinski definition) is 3. The fourth-order valence-electron chi connectivity index (χ4n) is 3.44. The van der Waals surface area contributed by atoms with Gasteiger partial charge in [-0.15, -0.1) is 21.5 Å². The Bertz CT molecular complexity index is 1610. The van der Waals surface area contributed by atoms with Crippen molar-refractivity contribution in [1.29, 1.82) is 0 Å². The van der Waals surface area contributed by atoms with Gasteiger partial charge in [0.2, 0.25) is 15.9 Å². The van der Waals surface area contributed by atoms with Gasteiger partial charge in [-0.3, -0.25) is 0 Å². The molecule has 10 nitrogen and oxygen atoms in total. The Morgan fingerprint density at radius 2 is 1.77 bits per heavy atom. The molecule has 3 aromatic heterocycles. The quantitative estimate of drug-likeness (QED) is 0.287. The number of nitrogens with two attached hydrogens (primary N) is 1. The third kappa shape index (κ3) is 4.99. The van der Waals surface area contributed by atoms with Gasteiger partial charge in [0.1, 0.15) is 5.82 Å². The lowest BCUT2D eigenvalue weighted by atomic mass is 10.2. The molecular weight excluding hydrogens is 486 g/mol. The summed E-state index contributed by atoms with van der Waals surface area (Å²) in [4.78, 5) is 8.85. The van der Waals surface area contributed by atoms with E-state index in [1.807, 2.05) is 43.6 Å². The predicted molar refractivity (Wildman–Crippen MR) is 136 cm³/mol. The molecule has 0 aliphatic rings. The Morgan fingerprint density at radius 1 is 1.00 bits per heavy atom. The maximum atomic E-state index is 11.5. The molecular formula is C23H21N7O3S2. The highest BCUT2D eigenvalue weighted by Crippen LogP contribution is 2.32. The Labute approximate surface area is 205 Å². The zero-order valence-electron chi connectivity index (χ0n) is 18.8. The van der Waals surface area contributed by atoms with Crippen molar-refractivity contribution in [2.24, 2.45) is 5.14 Å². The molecule has 5 aromatic rings. The zero-order chi connectivity index (χ0) is 24.6. The summed E-state index contributed by atoms with van der Waals surface area (Å²) in [7, 11) is -3.78. The number of anilines is 3. The van der Waals surface area contributed by atoms with Crippen molar-refractivity contribution in [2.75, 3.05) is 10.6 Å². The van der Waals surface area contributed by atoms with E-state index in [4.69, 9.17) is 9.56 Å². The van der Waals surface area contributed by atoms with Gasteiger partial charge in [0.15, 0.2) is 0 Å². The number of aromatic nitrogens is 4. The third-order valence-corrected chi connectivity index (χ3v) is 6.76. The van der Waals surface area contributed by atoms with Crippen LogP contribution in [0.25, 0.3) is 33.1 Å². The van der Waals surface area contributed by atoms with Gasteiger partial charge in [-0.05, 0) is 56.3 Å². The van der Waals surface area contributed by atoms with Crippen LogP contribution in [0.1, 0.15) is 13.8 Å². The molecule has 0 aliphatic carbocycles. The highest BCUT2D eigenvalue weighted by Gasteiger charge is 2.17. The minimum absolute atomic E-state index is 0.00573. The summed E-state index contributed by atoms with van der Waals surface area (Å²) < 4.78 is 30.0. The predicted octanol–water partition coefficient (Wildman–Crippen LogP) is 4.62. The van der Waals surface area contributed by atoms with Crippen LogP contribution in [0.15, 0.2) is 69.6 Å². The van der Waals surface area contributed by atoms with E-state index >= 15 is 0 Å². The number of nitrogens with one attached hydrogen (secondary N) is 2. The molecule has 35 heavy (non-hydrogen) atoms. The lowest BCUT2D eigenvalue weighted by Gasteiger charge is -2.15. The molecule has 4 N–H and O–H groups in total. The first-order chi connectivity index (χ1) is 16.8. The van der Waals surface area contributed by atoms with Crippen LogP contribution in [0.2, 0.25) is 0 Å². The molecule has 5 rings (SSSR count). The smallest absolute Gasteiger partial charge is 0.251 e. The second-order valence-electron chi connectivity index (χ2n) is 8.06. The van der Waals surface area contributed by atoms with Crippen LogP contribution in [0.5, 0.6) is 0 Å². The molecule has 0 atom stereocenters. The average Bonchev–Trinajstić information content (AvgIpc) is 3.48. The lowest BCUT2D eigenvalue weighted by molar-refractivity contribution is 0.584. The van der Waals surface area contributed by atoms with E-state index in [-0.39, 0.29) is 22.7 Å². The summed E-state index contributed by atoms with van der Waals surface area (Å²) in [6.45, 7) is 4.06. The molecule has 0 bridgehead atoms. The number of pyridine rings is 1. The van der Waals surface area contributed by atoms with Crippen molar-refractivity contribution in [3.8, 4) is 22.9 Å². The fraction of sp³-hybridized carbons (Fsp3) is 0.130. The van der Waals surface area contributed by atoms with E-state index in [2.05, 4.69) is 30.8 Å². The van der Waals surface area contributed by atoms with Crippen molar-refractivity contribution in [1.82, 2.24) is 20.2 Å². The highest BCUT2D eigenvalue weighted by atomic mass is 32.2. The molecule has 0 aliphatic heterocycles. The first-order valence-corrected chi connectivity index (χ1v) is 13.0. The van der Waals surface area contributed by atoms with Crippen LogP contribution in [0.3, 0.4) is 0 Å². The second kappa shape index (κ2) is 9.06. The van der Waals surface area contributed by atoms with Gasteiger partial charge in [-0.25, -0.2) is 23.5 Å². The van der Waals surface area contributed by atoms with Crippen LogP contribution in [0, 0.1) is 0 Å². The standard InChI is InChI=1S/C23H21N7O3S2/c1-13(2)27-19-10-21(28-15-5-8-18-20(9-15)34-12-26-18)25-11-17(19)23-30-29-22(33-23)14-3-6-16(7-4-14)35(24,31)32/h3-13H,1-2H3,(H2,24,31,32)(H2,25,27,28). The van der Waals surface area contributed by atoms with Crippen LogP contribution in [-0.2, 0) is 10.0 Å².